The number of ether oxygens (including phenoxy) is 1. The van der Waals surface area contributed by atoms with Crippen LogP contribution in [-0.2, 0) is 6.54 Å². The molecule has 2 heteroatoms. The van der Waals surface area contributed by atoms with E-state index in [2.05, 4.69) is 0 Å². The third-order valence-corrected chi connectivity index (χ3v) is 3.70. The summed E-state index contributed by atoms with van der Waals surface area (Å²) in [5.74, 6) is 1.85. The van der Waals surface area contributed by atoms with Crippen LogP contribution >= 0.6 is 0 Å². The lowest BCUT2D eigenvalue weighted by Gasteiger charge is -2.21. The van der Waals surface area contributed by atoms with E-state index in [4.69, 9.17) is 10.5 Å². The molecule has 0 unspecified atom stereocenters. The first-order valence-corrected chi connectivity index (χ1v) is 6.81. The molecule has 0 atom stereocenters. The van der Waals surface area contributed by atoms with Crippen molar-refractivity contribution in [2.24, 2.45) is 11.7 Å². The van der Waals surface area contributed by atoms with Gasteiger partial charge in [-0.25, -0.2) is 0 Å². The van der Waals surface area contributed by atoms with E-state index in [-0.39, 0.29) is 0 Å². The molecule has 0 saturated heterocycles. The highest BCUT2D eigenvalue weighted by atomic mass is 16.5. The van der Waals surface area contributed by atoms with Crippen molar-refractivity contribution in [2.45, 2.75) is 45.1 Å². The van der Waals surface area contributed by atoms with Crippen LogP contribution < -0.4 is 10.5 Å². The zero-order chi connectivity index (χ0) is 11.9. The van der Waals surface area contributed by atoms with Crippen molar-refractivity contribution in [1.29, 1.82) is 0 Å². The lowest BCUT2D eigenvalue weighted by molar-refractivity contribution is 0.245. The summed E-state index contributed by atoms with van der Waals surface area (Å²) in [6.07, 6.45) is 8.21. The van der Waals surface area contributed by atoms with Gasteiger partial charge in [0.2, 0.25) is 0 Å². The molecule has 1 saturated carbocycles. The van der Waals surface area contributed by atoms with Gasteiger partial charge in [0.25, 0.3) is 0 Å². The van der Waals surface area contributed by atoms with Crippen LogP contribution in [0.3, 0.4) is 0 Å². The van der Waals surface area contributed by atoms with Crippen LogP contribution in [0.15, 0.2) is 24.3 Å². The van der Waals surface area contributed by atoms with Gasteiger partial charge in [-0.3, -0.25) is 0 Å². The zero-order valence-corrected chi connectivity index (χ0v) is 10.5. The molecule has 1 fully saturated rings. The Morgan fingerprint density at radius 2 is 1.88 bits per heavy atom. The van der Waals surface area contributed by atoms with Gasteiger partial charge in [-0.05, 0) is 18.4 Å². The van der Waals surface area contributed by atoms with Gasteiger partial charge in [-0.2, -0.15) is 0 Å². The number of rotatable bonds is 5. The van der Waals surface area contributed by atoms with Gasteiger partial charge in [-0.15, -0.1) is 0 Å². The van der Waals surface area contributed by atoms with E-state index < -0.39 is 0 Å². The minimum atomic E-state index is 0.555. The quantitative estimate of drug-likeness (QED) is 0.845. The third kappa shape index (κ3) is 3.74. The summed E-state index contributed by atoms with van der Waals surface area (Å²) in [7, 11) is 0. The van der Waals surface area contributed by atoms with E-state index in [9.17, 15) is 0 Å². The maximum Gasteiger partial charge on any atom is 0.123 e. The summed E-state index contributed by atoms with van der Waals surface area (Å²) in [6.45, 7) is 1.39. The molecule has 0 aromatic heterocycles. The van der Waals surface area contributed by atoms with Crippen LogP contribution in [0.5, 0.6) is 5.75 Å². The average Bonchev–Trinajstić information content (AvgIpc) is 2.40. The maximum atomic E-state index is 5.85. The highest BCUT2D eigenvalue weighted by Crippen LogP contribution is 2.26. The summed E-state index contributed by atoms with van der Waals surface area (Å²) in [6, 6.07) is 8.07. The highest BCUT2D eigenvalue weighted by Gasteiger charge is 2.13. The van der Waals surface area contributed by atoms with Gasteiger partial charge in [-0.1, -0.05) is 50.3 Å². The molecule has 1 aliphatic carbocycles. The zero-order valence-electron chi connectivity index (χ0n) is 10.5. The first-order valence-electron chi connectivity index (χ1n) is 6.81. The minimum absolute atomic E-state index is 0.555. The number of nitrogens with two attached hydrogens (primary N) is 1. The maximum absolute atomic E-state index is 5.85. The van der Waals surface area contributed by atoms with Crippen molar-refractivity contribution in [3.63, 3.8) is 0 Å². The summed E-state index contributed by atoms with van der Waals surface area (Å²) in [5.41, 5.74) is 6.79. The number of benzene rings is 1. The van der Waals surface area contributed by atoms with Crippen molar-refractivity contribution < 1.29 is 4.74 Å². The molecular weight excluding hydrogens is 210 g/mol. The van der Waals surface area contributed by atoms with E-state index in [1.54, 1.807) is 0 Å². The molecule has 0 amide bonds. The van der Waals surface area contributed by atoms with Crippen molar-refractivity contribution in [3.8, 4) is 5.75 Å². The minimum Gasteiger partial charge on any atom is -0.493 e. The standard InChI is InChI=1S/C15H23NO/c16-12-14-8-4-5-9-15(14)17-11-10-13-6-2-1-3-7-13/h4-5,8-9,13H,1-3,6-7,10-12,16H2. The topological polar surface area (TPSA) is 35.2 Å². The van der Waals surface area contributed by atoms with Gasteiger partial charge >= 0.3 is 0 Å². The van der Waals surface area contributed by atoms with Crippen LogP contribution in [0.1, 0.15) is 44.1 Å². The molecule has 2 N–H and O–H groups in total. The Labute approximate surface area is 104 Å². The van der Waals surface area contributed by atoms with Crippen LogP contribution in [0.25, 0.3) is 0 Å². The van der Waals surface area contributed by atoms with Gasteiger partial charge in [0.15, 0.2) is 0 Å². The lowest BCUT2D eigenvalue weighted by Crippen LogP contribution is -2.11. The van der Waals surface area contributed by atoms with E-state index >= 15 is 0 Å². The van der Waals surface area contributed by atoms with Crippen molar-refractivity contribution in [3.05, 3.63) is 29.8 Å². The molecule has 2 nitrogen and oxygen atoms in total. The van der Waals surface area contributed by atoms with E-state index in [1.165, 1.54) is 38.5 Å². The van der Waals surface area contributed by atoms with Crippen molar-refractivity contribution >= 4 is 0 Å². The van der Waals surface area contributed by atoms with E-state index in [1.807, 2.05) is 24.3 Å². The molecule has 2 rings (SSSR count). The average molecular weight is 233 g/mol. The monoisotopic (exact) mass is 233 g/mol. The molecule has 1 aromatic carbocycles. The van der Waals surface area contributed by atoms with Crippen LogP contribution in [-0.4, -0.2) is 6.61 Å². The predicted molar refractivity (Wildman–Crippen MR) is 71.0 cm³/mol. The number of hydrogen-bond acceptors (Lipinski definition) is 2. The fourth-order valence-electron chi connectivity index (χ4n) is 2.62. The molecule has 17 heavy (non-hydrogen) atoms. The van der Waals surface area contributed by atoms with Gasteiger partial charge in [0.1, 0.15) is 5.75 Å². The molecular formula is C15H23NO. The fraction of sp³-hybridized carbons (Fsp3) is 0.600. The molecule has 0 spiro atoms. The Morgan fingerprint density at radius 3 is 2.65 bits per heavy atom. The molecule has 0 heterocycles. The lowest BCUT2D eigenvalue weighted by atomic mass is 9.87. The van der Waals surface area contributed by atoms with Gasteiger partial charge < -0.3 is 10.5 Å². The molecule has 0 aliphatic heterocycles. The molecule has 94 valence electrons. The Bertz CT molecular complexity index is 331. The van der Waals surface area contributed by atoms with Crippen LogP contribution in [0, 0.1) is 5.92 Å². The van der Waals surface area contributed by atoms with Gasteiger partial charge in [0.05, 0.1) is 6.61 Å². The molecule has 1 aromatic rings. The molecule has 0 bridgehead atoms. The smallest absolute Gasteiger partial charge is 0.123 e. The summed E-state index contributed by atoms with van der Waals surface area (Å²) < 4.78 is 5.85. The summed E-state index contributed by atoms with van der Waals surface area (Å²) >= 11 is 0. The predicted octanol–water partition coefficient (Wildman–Crippen LogP) is 3.49. The van der Waals surface area contributed by atoms with Crippen molar-refractivity contribution in [1.82, 2.24) is 0 Å². The van der Waals surface area contributed by atoms with Gasteiger partial charge in [0, 0.05) is 12.1 Å². The van der Waals surface area contributed by atoms with Crippen molar-refractivity contribution in [2.75, 3.05) is 6.61 Å². The second kappa shape index (κ2) is 6.65. The number of para-hydroxylation sites is 1. The van der Waals surface area contributed by atoms with Crippen LogP contribution in [0.2, 0.25) is 0 Å². The Morgan fingerprint density at radius 1 is 1.12 bits per heavy atom. The van der Waals surface area contributed by atoms with E-state index in [0.29, 0.717) is 6.54 Å². The molecule has 1 aliphatic rings. The SMILES string of the molecule is NCc1ccccc1OCCC1CCCCC1. The summed E-state index contributed by atoms with van der Waals surface area (Å²) in [5, 5.41) is 0. The summed E-state index contributed by atoms with van der Waals surface area (Å²) in [4.78, 5) is 0. The largest absolute Gasteiger partial charge is 0.493 e. The first-order chi connectivity index (χ1) is 8.40. The Balaban J connectivity index is 1.77. The highest BCUT2D eigenvalue weighted by molar-refractivity contribution is 5.32. The normalized spacial score (nSPS) is 17.0. The number of hydrogen-bond donors (Lipinski definition) is 1. The molecule has 0 radical (unpaired) electrons. The second-order valence-corrected chi connectivity index (χ2v) is 4.95. The Hall–Kier alpha value is -1.02. The fourth-order valence-corrected chi connectivity index (χ4v) is 2.62. The first kappa shape index (κ1) is 12.4. The second-order valence-electron chi connectivity index (χ2n) is 4.95. The van der Waals surface area contributed by atoms with E-state index in [0.717, 1.165) is 23.8 Å². The third-order valence-electron chi connectivity index (χ3n) is 3.70. The Kier molecular flexibility index (Phi) is 4.87. The van der Waals surface area contributed by atoms with Crippen LogP contribution in [0.4, 0.5) is 0 Å².